The van der Waals surface area contributed by atoms with Crippen LogP contribution in [0.3, 0.4) is 0 Å². The van der Waals surface area contributed by atoms with Crippen molar-refractivity contribution in [2.75, 3.05) is 58.4 Å². The number of para-hydroxylation sites is 1. The van der Waals surface area contributed by atoms with Crippen molar-refractivity contribution in [1.82, 2.24) is 15.5 Å². The number of hydrogen-bond donors (Lipinski definition) is 2. The van der Waals surface area contributed by atoms with E-state index in [4.69, 9.17) is 13.9 Å². The molecule has 1 aromatic heterocycles. The average Bonchev–Trinajstić information content (AvgIpc) is 3.48. The summed E-state index contributed by atoms with van der Waals surface area (Å²) in [6.07, 6.45) is 2.19. The van der Waals surface area contributed by atoms with E-state index in [-0.39, 0.29) is 12.6 Å². The highest BCUT2D eigenvalue weighted by molar-refractivity contribution is 6.35. The summed E-state index contributed by atoms with van der Waals surface area (Å²) in [6, 6.07) is 19.2. The van der Waals surface area contributed by atoms with E-state index in [2.05, 4.69) is 32.6 Å². The molecule has 1 aliphatic heterocycles. The molecule has 4 rings (SSSR count). The molecule has 37 heavy (non-hydrogen) atoms. The van der Waals surface area contributed by atoms with Crippen molar-refractivity contribution in [1.29, 1.82) is 0 Å². The van der Waals surface area contributed by atoms with Crippen molar-refractivity contribution in [3.63, 3.8) is 0 Å². The molecule has 1 atom stereocenters. The zero-order chi connectivity index (χ0) is 26.0. The van der Waals surface area contributed by atoms with Gasteiger partial charge in [0.25, 0.3) is 0 Å². The van der Waals surface area contributed by atoms with E-state index in [0.717, 1.165) is 54.7 Å². The van der Waals surface area contributed by atoms with Crippen LogP contribution in [0.15, 0.2) is 71.3 Å². The third-order valence-electron chi connectivity index (χ3n) is 6.60. The van der Waals surface area contributed by atoms with Gasteiger partial charge in [0.05, 0.1) is 26.5 Å². The van der Waals surface area contributed by atoms with Gasteiger partial charge in [-0.2, -0.15) is 0 Å². The maximum Gasteiger partial charge on any atom is 0.309 e. The van der Waals surface area contributed by atoms with Gasteiger partial charge in [0.1, 0.15) is 17.3 Å². The number of carbonyl (C=O) groups is 2. The van der Waals surface area contributed by atoms with Crippen LogP contribution in [0.2, 0.25) is 0 Å². The molecule has 0 saturated carbocycles. The normalized spacial score (nSPS) is 14.6. The summed E-state index contributed by atoms with van der Waals surface area (Å²) in [5, 5.41) is 5.48. The molecular weight excluding hydrogens is 472 g/mol. The number of rotatable bonds is 10. The number of hydrogen-bond acceptors (Lipinski definition) is 7. The van der Waals surface area contributed by atoms with Crippen LogP contribution in [0.4, 0.5) is 5.69 Å². The first-order chi connectivity index (χ1) is 18.1. The second-order valence-corrected chi connectivity index (χ2v) is 8.78. The monoisotopic (exact) mass is 506 g/mol. The minimum atomic E-state index is -0.659. The first-order valence-electron chi connectivity index (χ1n) is 12.4. The van der Waals surface area contributed by atoms with E-state index < -0.39 is 11.8 Å². The number of carbonyl (C=O) groups excluding carboxylic acids is 2. The molecule has 0 bridgehead atoms. The lowest BCUT2D eigenvalue weighted by Crippen LogP contribution is -2.50. The Labute approximate surface area is 217 Å². The van der Waals surface area contributed by atoms with Crippen molar-refractivity contribution in [2.45, 2.75) is 12.5 Å². The molecular formula is C28H34N4O5. The number of benzene rings is 2. The van der Waals surface area contributed by atoms with Crippen molar-refractivity contribution in [2.24, 2.45) is 0 Å². The van der Waals surface area contributed by atoms with Crippen LogP contribution >= 0.6 is 0 Å². The van der Waals surface area contributed by atoms with Gasteiger partial charge in [0, 0.05) is 45.0 Å². The van der Waals surface area contributed by atoms with Gasteiger partial charge in [0.15, 0.2) is 0 Å². The largest absolute Gasteiger partial charge is 0.497 e. The highest BCUT2D eigenvalue weighted by Gasteiger charge is 2.28. The highest BCUT2D eigenvalue weighted by Crippen LogP contribution is 2.25. The Morgan fingerprint density at radius 2 is 1.62 bits per heavy atom. The maximum absolute atomic E-state index is 12.5. The van der Waals surface area contributed by atoms with Crippen LogP contribution in [0.1, 0.15) is 17.4 Å². The lowest BCUT2D eigenvalue weighted by molar-refractivity contribution is -0.139. The number of anilines is 1. The van der Waals surface area contributed by atoms with E-state index in [0.29, 0.717) is 13.0 Å². The van der Waals surface area contributed by atoms with Crippen LogP contribution in [-0.4, -0.2) is 70.2 Å². The third kappa shape index (κ3) is 6.83. The molecule has 9 nitrogen and oxygen atoms in total. The number of piperazine rings is 1. The van der Waals surface area contributed by atoms with Gasteiger partial charge in [-0.05, 0) is 54.4 Å². The quantitative estimate of drug-likeness (QED) is 0.408. The third-order valence-corrected chi connectivity index (χ3v) is 6.60. The van der Waals surface area contributed by atoms with Crippen LogP contribution < -0.4 is 25.0 Å². The highest BCUT2D eigenvalue weighted by atomic mass is 16.5. The Bertz CT molecular complexity index is 1140. The Hall–Kier alpha value is -3.98. The molecule has 0 unspecified atom stereocenters. The van der Waals surface area contributed by atoms with Crippen molar-refractivity contribution in [3.8, 4) is 11.5 Å². The Balaban J connectivity index is 1.28. The van der Waals surface area contributed by atoms with Crippen LogP contribution in [0.5, 0.6) is 11.5 Å². The number of ether oxygens (including phenoxy) is 2. The smallest absolute Gasteiger partial charge is 0.309 e. The molecule has 1 fully saturated rings. The number of methoxy groups -OCH3 is 2. The Morgan fingerprint density at radius 1 is 0.892 bits per heavy atom. The summed E-state index contributed by atoms with van der Waals surface area (Å²) >= 11 is 0. The fourth-order valence-corrected chi connectivity index (χ4v) is 4.55. The molecule has 2 N–H and O–H groups in total. The fraction of sp³-hybridized carbons (Fsp3) is 0.357. The molecule has 2 heterocycles. The zero-order valence-electron chi connectivity index (χ0n) is 21.3. The zero-order valence-corrected chi connectivity index (χ0v) is 21.3. The fourth-order valence-electron chi connectivity index (χ4n) is 4.55. The van der Waals surface area contributed by atoms with E-state index >= 15 is 0 Å². The second-order valence-electron chi connectivity index (χ2n) is 8.78. The van der Waals surface area contributed by atoms with Gasteiger partial charge in [0.2, 0.25) is 0 Å². The number of nitrogens with one attached hydrogen (secondary N) is 2. The van der Waals surface area contributed by atoms with E-state index in [9.17, 15) is 9.59 Å². The Kier molecular flexibility index (Phi) is 9.04. The molecule has 3 aromatic rings. The molecule has 1 saturated heterocycles. The van der Waals surface area contributed by atoms with Crippen LogP contribution in [0, 0.1) is 0 Å². The van der Waals surface area contributed by atoms with Gasteiger partial charge >= 0.3 is 11.8 Å². The SMILES string of the molecule is COc1ccc(N2CCN([C@H](CNC(=O)C(=O)NCCc3ccccc3OC)c3ccco3)CC2)cc1. The van der Waals surface area contributed by atoms with Crippen molar-refractivity contribution >= 4 is 17.5 Å². The minimum absolute atomic E-state index is 0.168. The molecule has 9 heteroatoms. The van der Waals surface area contributed by atoms with Gasteiger partial charge in [-0.3, -0.25) is 14.5 Å². The van der Waals surface area contributed by atoms with Crippen LogP contribution in [0.25, 0.3) is 0 Å². The molecule has 0 spiro atoms. The second kappa shape index (κ2) is 12.8. The van der Waals surface area contributed by atoms with E-state index in [1.54, 1.807) is 20.5 Å². The molecule has 2 amide bonds. The predicted octanol–water partition coefficient (Wildman–Crippen LogP) is 2.64. The average molecular weight is 507 g/mol. The topological polar surface area (TPSA) is 96.3 Å². The lowest BCUT2D eigenvalue weighted by atomic mass is 10.1. The molecule has 0 radical (unpaired) electrons. The summed E-state index contributed by atoms with van der Waals surface area (Å²) in [7, 11) is 3.27. The summed E-state index contributed by atoms with van der Waals surface area (Å²) in [5.74, 6) is 1.04. The summed E-state index contributed by atoms with van der Waals surface area (Å²) < 4.78 is 16.3. The van der Waals surface area contributed by atoms with Crippen molar-refractivity contribution in [3.05, 3.63) is 78.3 Å². The number of nitrogens with zero attached hydrogens (tertiary/aromatic N) is 2. The maximum atomic E-state index is 12.5. The predicted molar refractivity (Wildman–Crippen MR) is 141 cm³/mol. The number of furan rings is 1. The van der Waals surface area contributed by atoms with Gasteiger partial charge < -0.3 is 29.4 Å². The van der Waals surface area contributed by atoms with Gasteiger partial charge in [-0.15, -0.1) is 0 Å². The van der Waals surface area contributed by atoms with Crippen molar-refractivity contribution < 1.29 is 23.5 Å². The molecule has 2 aromatic carbocycles. The molecule has 0 aliphatic carbocycles. The molecule has 196 valence electrons. The van der Waals surface area contributed by atoms with Crippen LogP contribution in [-0.2, 0) is 16.0 Å². The summed E-state index contributed by atoms with van der Waals surface area (Å²) in [4.78, 5) is 29.5. The first kappa shape index (κ1) is 26.1. The standard InChI is InChI=1S/C28H34N4O5/c1-35-23-11-9-22(10-12-23)31-15-17-32(18-16-31)24(26-8-5-19-37-26)20-30-28(34)27(33)29-14-13-21-6-3-4-7-25(21)36-2/h3-12,19,24H,13-18,20H2,1-2H3,(H,29,33)(H,30,34)/t24-/m1/s1. The van der Waals surface area contributed by atoms with E-state index in [1.807, 2.05) is 48.5 Å². The molecule has 1 aliphatic rings. The lowest BCUT2D eigenvalue weighted by Gasteiger charge is -2.39. The minimum Gasteiger partial charge on any atom is -0.497 e. The van der Waals surface area contributed by atoms with E-state index in [1.165, 1.54) is 0 Å². The summed E-state index contributed by atoms with van der Waals surface area (Å²) in [5.41, 5.74) is 2.12. The van der Waals surface area contributed by atoms with Gasteiger partial charge in [-0.25, -0.2) is 0 Å². The van der Waals surface area contributed by atoms with Gasteiger partial charge in [-0.1, -0.05) is 18.2 Å². The Morgan fingerprint density at radius 3 is 2.30 bits per heavy atom. The summed E-state index contributed by atoms with van der Waals surface area (Å²) in [6.45, 7) is 3.86. The first-order valence-corrected chi connectivity index (χ1v) is 12.4. The number of amides is 2.